The highest BCUT2D eigenvalue weighted by molar-refractivity contribution is 6.41. The van der Waals surface area contributed by atoms with Crippen molar-refractivity contribution in [3.05, 3.63) is 51.8 Å². The molecule has 1 aliphatic carbocycles. The van der Waals surface area contributed by atoms with Crippen LogP contribution in [-0.4, -0.2) is 19.5 Å². The van der Waals surface area contributed by atoms with Crippen LogP contribution in [0.25, 0.3) is 0 Å². The normalized spacial score (nSPS) is 22.8. The number of hydrogen-bond donors (Lipinski definition) is 0. The summed E-state index contributed by atoms with van der Waals surface area (Å²) >= 11 is 18.5. The van der Waals surface area contributed by atoms with Gasteiger partial charge in [-0.1, -0.05) is 35.3 Å². The van der Waals surface area contributed by atoms with Gasteiger partial charge in [0.25, 0.3) is 0 Å². The van der Waals surface area contributed by atoms with Gasteiger partial charge in [-0.3, -0.25) is 0 Å². The van der Waals surface area contributed by atoms with Gasteiger partial charge in [0.15, 0.2) is 0 Å². The molecule has 2 rings (SSSR count). The number of nitrogens with zero attached hydrogens (tertiary/aromatic N) is 1. The molecule has 1 aliphatic rings. The summed E-state index contributed by atoms with van der Waals surface area (Å²) in [7, 11) is 3.57. The molecule has 0 saturated heterocycles. The van der Waals surface area contributed by atoms with E-state index in [0.717, 1.165) is 5.56 Å². The van der Waals surface area contributed by atoms with Gasteiger partial charge in [-0.25, -0.2) is 4.39 Å². The van der Waals surface area contributed by atoms with Crippen LogP contribution >= 0.6 is 34.8 Å². The summed E-state index contributed by atoms with van der Waals surface area (Å²) in [5.41, 5.74) is 1.34. The fourth-order valence-corrected chi connectivity index (χ4v) is 2.98. The minimum absolute atomic E-state index is 0.250. The molecule has 0 aliphatic heterocycles. The Kier molecular flexibility index (Phi) is 4.44. The molecule has 1 aromatic rings. The van der Waals surface area contributed by atoms with Crippen LogP contribution in [0.4, 0.5) is 10.1 Å². The van der Waals surface area contributed by atoms with E-state index < -0.39 is 0 Å². The maximum Gasteiger partial charge on any atom is 0.146 e. The van der Waals surface area contributed by atoms with Crippen LogP contribution in [0.3, 0.4) is 0 Å². The lowest BCUT2D eigenvalue weighted by Crippen LogP contribution is -2.17. The molecule has 0 aromatic heterocycles. The minimum Gasteiger partial charge on any atom is -0.375 e. The second kappa shape index (κ2) is 5.74. The van der Waals surface area contributed by atoms with Crippen molar-refractivity contribution in [1.29, 1.82) is 0 Å². The molecule has 0 fully saturated rings. The lowest BCUT2D eigenvalue weighted by molar-refractivity contribution is 0.624. The molecule has 0 radical (unpaired) electrons. The zero-order chi connectivity index (χ0) is 14.2. The molecule has 0 bridgehead atoms. The van der Waals surface area contributed by atoms with Crippen molar-refractivity contribution in [3.8, 4) is 0 Å². The number of hydrogen-bond acceptors (Lipinski definition) is 1. The second-order valence-electron chi connectivity index (χ2n) is 4.58. The monoisotopic (exact) mass is 319 g/mol. The highest BCUT2D eigenvalue weighted by Gasteiger charge is 2.28. The van der Waals surface area contributed by atoms with E-state index in [1.807, 2.05) is 0 Å². The van der Waals surface area contributed by atoms with Gasteiger partial charge in [-0.05, 0) is 23.8 Å². The van der Waals surface area contributed by atoms with Gasteiger partial charge in [0.05, 0.1) is 16.1 Å². The predicted molar refractivity (Wildman–Crippen MR) is 81.0 cm³/mol. The standard InChI is InChI=1S/C14H13Cl3FN/c1-19(2)12-7-8(3-6-11(12)18)13-9(15)4-5-10(16)14(13)17/h3-7,9,13H,1-2H3. The average Bonchev–Trinajstić information content (AvgIpc) is 2.36. The van der Waals surface area contributed by atoms with Crippen LogP contribution < -0.4 is 4.90 Å². The molecule has 0 spiro atoms. The highest BCUT2D eigenvalue weighted by atomic mass is 35.5. The molecule has 0 saturated carbocycles. The smallest absolute Gasteiger partial charge is 0.146 e. The van der Waals surface area contributed by atoms with Crippen molar-refractivity contribution in [3.63, 3.8) is 0 Å². The molecule has 102 valence electrons. The van der Waals surface area contributed by atoms with E-state index in [0.29, 0.717) is 15.8 Å². The van der Waals surface area contributed by atoms with Crippen molar-refractivity contribution >= 4 is 40.5 Å². The summed E-state index contributed by atoms with van der Waals surface area (Å²) < 4.78 is 13.7. The number of allylic oxidation sites excluding steroid dienone is 4. The summed E-state index contributed by atoms with van der Waals surface area (Å²) in [5, 5.41) is 0.662. The van der Waals surface area contributed by atoms with E-state index in [4.69, 9.17) is 34.8 Å². The van der Waals surface area contributed by atoms with Crippen LogP contribution in [0.1, 0.15) is 11.5 Å². The van der Waals surface area contributed by atoms with E-state index in [1.54, 1.807) is 43.3 Å². The topological polar surface area (TPSA) is 3.24 Å². The SMILES string of the molecule is CN(C)c1cc(C2C(Cl)=C(Cl)C=CC2Cl)ccc1F. The largest absolute Gasteiger partial charge is 0.375 e. The Bertz CT molecular complexity index is 552. The third kappa shape index (κ3) is 2.91. The summed E-state index contributed by atoms with van der Waals surface area (Å²) in [5.74, 6) is -0.530. The number of rotatable bonds is 2. The molecule has 19 heavy (non-hydrogen) atoms. The van der Waals surface area contributed by atoms with E-state index in [1.165, 1.54) is 6.07 Å². The molecule has 5 heteroatoms. The van der Waals surface area contributed by atoms with Gasteiger partial charge in [0.2, 0.25) is 0 Å². The Balaban J connectivity index is 2.47. The third-order valence-corrected chi connectivity index (χ3v) is 4.32. The number of alkyl halides is 1. The molecular weight excluding hydrogens is 308 g/mol. The lowest BCUT2D eigenvalue weighted by atomic mass is 9.91. The maximum atomic E-state index is 13.7. The molecule has 2 unspecified atom stereocenters. The fourth-order valence-electron chi connectivity index (χ4n) is 2.05. The Hall–Kier alpha value is -0.700. The minimum atomic E-state index is -0.296. The van der Waals surface area contributed by atoms with Gasteiger partial charge in [0, 0.05) is 25.0 Å². The van der Waals surface area contributed by atoms with Crippen LogP contribution in [0.15, 0.2) is 40.4 Å². The van der Waals surface area contributed by atoms with Crippen molar-refractivity contribution in [2.45, 2.75) is 11.3 Å². The number of benzene rings is 1. The zero-order valence-electron chi connectivity index (χ0n) is 10.5. The third-order valence-electron chi connectivity index (χ3n) is 3.06. The predicted octanol–water partition coefficient (Wildman–Crippen LogP) is 4.84. The first-order chi connectivity index (χ1) is 8.91. The first-order valence-electron chi connectivity index (χ1n) is 5.76. The Morgan fingerprint density at radius 1 is 1.21 bits per heavy atom. The van der Waals surface area contributed by atoms with Gasteiger partial charge in [0.1, 0.15) is 5.82 Å². The second-order valence-corrected chi connectivity index (χ2v) is 5.90. The molecule has 2 atom stereocenters. The molecule has 1 nitrogen and oxygen atoms in total. The van der Waals surface area contributed by atoms with Crippen LogP contribution in [0.2, 0.25) is 0 Å². The summed E-state index contributed by atoms with van der Waals surface area (Å²) in [4.78, 5) is 1.71. The Morgan fingerprint density at radius 3 is 2.53 bits per heavy atom. The Labute approximate surface area is 127 Å². The van der Waals surface area contributed by atoms with E-state index in [9.17, 15) is 4.39 Å². The van der Waals surface area contributed by atoms with Crippen molar-refractivity contribution < 1.29 is 4.39 Å². The highest BCUT2D eigenvalue weighted by Crippen LogP contribution is 2.41. The maximum absolute atomic E-state index is 13.7. The molecule has 0 amide bonds. The van der Waals surface area contributed by atoms with Gasteiger partial charge in [-0.2, -0.15) is 0 Å². The van der Waals surface area contributed by atoms with Crippen molar-refractivity contribution in [2.24, 2.45) is 0 Å². The molecular formula is C14H13Cl3FN. The molecule has 0 N–H and O–H groups in total. The lowest BCUT2D eigenvalue weighted by Gasteiger charge is -2.25. The van der Waals surface area contributed by atoms with Crippen LogP contribution in [-0.2, 0) is 0 Å². The summed E-state index contributed by atoms with van der Waals surface area (Å²) in [6.07, 6.45) is 3.48. The zero-order valence-corrected chi connectivity index (χ0v) is 12.8. The summed E-state index contributed by atoms with van der Waals surface area (Å²) in [6, 6.07) is 4.86. The number of anilines is 1. The fraction of sp³-hybridized carbons (Fsp3) is 0.286. The van der Waals surface area contributed by atoms with E-state index >= 15 is 0 Å². The van der Waals surface area contributed by atoms with E-state index in [-0.39, 0.29) is 17.1 Å². The van der Waals surface area contributed by atoms with Crippen molar-refractivity contribution in [1.82, 2.24) is 0 Å². The Morgan fingerprint density at radius 2 is 1.89 bits per heavy atom. The van der Waals surface area contributed by atoms with E-state index in [2.05, 4.69) is 0 Å². The molecule has 1 aromatic carbocycles. The van der Waals surface area contributed by atoms with Crippen LogP contribution in [0, 0.1) is 5.82 Å². The first kappa shape index (κ1) is 14.7. The van der Waals surface area contributed by atoms with Crippen molar-refractivity contribution in [2.75, 3.05) is 19.0 Å². The van der Waals surface area contributed by atoms with Gasteiger partial charge < -0.3 is 4.90 Å². The van der Waals surface area contributed by atoms with Gasteiger partial charge >= 0.3 is 0 Å². The first-order valence-corrected chi connectivity index (χ1v) is 6.95. The quantitative estimate of drug-likeness (QED) is 0.705. The van der Waals surface area contributed by atoms with Crippen LogP contribution in [0.5, 0.6) is 0 Å². The molecule has 0 heterocycles. The average molecular weight is 321 g/mol. The summed E-state index contributed by atoms with van der Waals surface area (Å²) in [6.45, 7) is 0. The number of halogens is 4. The van der Waals surface area contributed by atoms with Gasteiger partial charge in [-0.15, -0.1) is 11.6 Å².